The highest BCUT2D eigenvalue weighted by atomic mass is 32.2. The van der Waals surface area contributed by atoms with E-state index in [1.165, 1.54) is 19.2 Å². The summed E-state index contributed by atoms with van der Waals surface area (Å²) in [6.07, 6.45) is 0. The first-order valence-electron chi connectivity index (χ1n) is 8.67. The molecule has 0 atom stereocenters. The standard InChI is InChI=1S/C20H21NO5S2/c1-4-26-20(22)12-21(15-5-10-19-18(11-15)14(2)13-27-19)28(23,24)17-8-6-16(25-3)7-9-17/h5-11,13H,4,12H2,1-3H3. The Hall–Kier alpha value is -2.58. The molecule has 0 saturated carbocycles. The lowest BCUT2D eigenvalue weighted by atomic mass is 10.2. The molecule has 0 aliphatic rings. The zero-order chi connectivity index (χ0) is 20.3. The fourth-order valence-corrected chi connectivity index (χ4v) is 5.14. The van der Waals surface area contributed by atoms with Gasteiger partial charge in [-0.1, -0.05) is 0 Å². The van der Waals surface area contributed by atoms with Crippen molar-refractivity contribution in [1.82, 2.24) is 0 Å². The van der Waals surface area contributed by atoms with E-state index in [0.717, 1.165) is 20.0 Å². The van der Waals surface area contributed by atoms with Crippen LogP contribution in [0.5, 0.6) is 5.75 Å². The highest BCUT2D eigenvalue weighted by molar-refractivity contribution is 7.92. The molecule has 148 valence electrons. The fourth-order valence-electron chi connectivity index (χ4n) is 2.81. The summed E-state index contributed by atoms with van der Waals surface area (Å²) in [6.45, 7) is 3.42. The molecule has 6 nitrogen and oxygen atoms in total. The van der Waals surface area contributed by atoms with Gasteiger partial charge in [0.2, 0.25) is 0 Å². The molecule has 0 aliphatic heterocycles. The number of methoxy groups -OCH3 is 1. The SMILES string of the molecule is CCOC(=O)CN(c1ccc2scc(C)c2c1)S(=O)(=O)c1ccc(OC)cc1. The largest absolute Gasteiger partial charge is 0.497 e. The minimum Gasteiger partial charge on any atom is -0.497 e. The van der Waals surface area contributed by atoms with E-state index in [1.54, 1.807) is 42.5 Å². The van der Waals surface area contributed by atoms with Gasteiger partial charge in [0, 0.05) is 4.70 Å². The third-order valence-electron chi connectivity index (χ3n) is 4.26. The van der Waals surface area contributed by atoms with Crippen LogP contribution in [0.4, 0.5) is 5.69 Å². The molecule has 0 saturated heterocycles. The number of carbonyl (C=O) groups excluding carboxylic acids is 1. The number of hydrogen-bond donors (Lipinski definition) is 0. The second-order valence-electron chi connectivity index (χ2n) is 6.09. The average molecular weight is 420 g/mol. The molecule has 0 aliphatic carbocycles. The van der Waals surface area contributed by atoms with Crippen LogP contribution in [0.2, 0.25) is 0 Å². The first-order valence-corrected chi connectivity index (χ1v) is 11.0. The van der Waals surface area contributed by atoms with E-state index in [1.807, 2.05) is 18.4 Å². The first kappa shape index (κ1) is 20.2. The zero-order valence-electron chi connectivity index (χ0n) is 15.8. The first-order chi connectivity index (χ1) is 13.4. The molecule has 0 spiro atoms. The van der Waals surface area contributed by atoms with Crippen molar-refractivity contribution in [2.45, 2.75) is 18.7 Å². The summed E-state index contributed by atoms with van der Waals surface area (Å²) in [6, 6.07) is 11.4. The van der Waals surface area contributed by atoms with E-state index in [-0.39, 0.29) is 11.5 Å². The summed E-state index contributed by atoms with van der Waals surface area (Å²) < 4.78 is 38.9. The predicted molar refractivity (Wildman–Crippen MR) is 111 cm³/mol. The smallest absolute Gasteiger partial charge is 0.326 e. The minimum absolute atomic E-state index is 0.0692. The van der Waals surface area contributed by atoms with Gasteiger partial charge < -0.3 is 9.47 Å². The van der Waals surface area contributed by atoms with Crippen molar-refractivity contribution in [1.29, 1.82) is 0 Å². The number of nitrogens with zero attached hydrogens (tertiary/aromatic N) is 1. The van der Waals surface area contributed by atoms with Crippen LogP contribution in [0.25, 0.3) is 10.1 Å². The summed E-state index contributed by atoms with van der Waals surface area (Å²) in [5.41, 5.74) is 1.47. The number of carbonyl (C=O) groups is 1. The average Bonchev–Trinajstić information content (AvgIpc) is 3.06. The lowest BCUT2D eigenvalue weighted by Gasteiger charge is -2.24. The van der Waals surface area contributed by atoms with Crippen LogP contribution < -0.4 is 9.04 Å². The Kier molecular flexibility index (Phi) is 5.90. The van der Waals surface area contributed by atoms with Crippen molar-refractivity contribution in [2.24, 2.45) is 0 Å². The van der Waals surface area contributed by atoms with Gasteiger partial charge >= 0.3 is 5.97 Å². The van der Waals surface area contributed by atoms with Crippen molar-refractivity contribution in [3.8, 4) is 5.75 Å². The number of hydrogen-bond acceptors (Lipinski definition) is 6. The summed E-state index contributed by atoms with van der Waals surface area (Å²) in [7, 11) is -2.47. The van der Waals surface area contributed by atoms with E-state index in [2.05, 4.69) is 0 Å². The highest BCUT2D eigenvalue weighted by Crippen LogP contribution is 2.32. The Bertz CT molecular complexity index is 1090. The molecule has 28 heavy (non-hydrogen) atoms. The molecule has 0 unspecified atom stereocenters. The Morgan fingerprint density at radius 1 is 1.14 bits per heavy atom. The maximum absolute atomic E-state index is 13.3. The molecule has 0 amide bonds. The number of sulfonamides is 1. The van der Waals surface area contributed by atoms with Crippen LogP contribution in [0.1, 0.15) is 12.5 Å². The van der Waals surface area contributed by atoms with Crippen LogP contribution in [0.3, 0.4) is 0 Å². The molecule has 0 radical (unpaired) electrons. The van der Waals surface area contributed by atoms with Gasteiger partial charge in [-0.05, 0) is 72.6 Å². The van der Waals surface area contributed by atoms with E-state index in [0.29, 0.717) is 11.4 Å². The maximum Gasteiger partial charge on any atom is 0.326 e. The van der Waals surface area contributed by atoms with Gasteiger partial charge in [-0.15, -0.1) is 11.3 Å². The topological polar surface area (TPSA) is 72.9 Å². The lowest BCUT2D eigenvalue weighted by Crippen LogP contribution is -2.36. The molecule has 0 N–H and O–H groups in total. The molecule has 0 fully saturated rings. The summed E-state index contributed by atoms with van der Waals surface area (Å²) in [4.78, 5) is 12.2. The van der Waals surface area contributed by atoms with Crippen LogP contribution >= 0.6 is 11.3 Å². The van der Waals surface area contributed by atoms with Crippen molar-refractivity contribution in [2.75, 3.05) is 24.6 Å². The zero-order valence-corrected chi connectivity index (χ0v) is 17.5. The molecular weight excluding hydrogens is 398 g/mol. The van der Waals surface area contributed by atoms with E-state index >= 15 is 0 Å². The van der Waals surface area contributed by atoms with Gasteiger partial charge in [-0.25, -0.2) is 8.42 Å². The van der Waals surface area contributed by atoms with E-state index in [4.69, 9.17) is 9.47 Å². The Morgan fingerprint density at radius 3 is 2.50 bits per heavy atom. The Balaban J connectivity index is 2.08. The molecule has 3 rings (SSSR count). The fraction of sp³-hybridized carbons (Fsp3) is 0.250. The number of fused-ring (bicyclic) bond motifs is 1. The maximum atomic E-state index is 13.3. The summed E-state index contributed by atoms with van der Waals surface area (Å²) >= 11 is 1.59. The van der Waals surface area contributed by atoms with Gasteiger partial charge in [-0.2, -0.15) is 0 Å². The number of anilines is 1. The van der Waals surface area contributed by atoms with E-state index < -0.39 is 22.5 Å². The quantitative estimate of drug-likeness (QED) is 0.542. The number of aryl methyl sites for hydroxylation is 1. The molecule has 2 aromatic carbocycles. The van der Waals surface area contributed by atoms with Crippen molar-refractivity contribution < 1.29 is 22.7 Å². The van der Waals surface area contributed by atoms with Crippen LogP contribution in [0.15, 0.2) is 52.7 Å². The van der Waals surface area contributed by atoms with Crippen LogP contribution in [-0.4, -0.2) is 34.6 Å². The minimum atomic E-state index is -3.98. The Labute approximate surface area is 168 Å². The second kappa shape index (κ2) is 8.20. The van der Waals surface area contributed by atoms with Crippen LogP contribution in [0, 0.1) is 6.92 Å². The van der Waals surface area contributed by atoms with Crippen molar-refractivity contribution in [3.63, 3.8) is 0 Å². The lowest BCUT2D eigenvalue weighted by molar-refractivity contribution is -0.141. The molecule has 3 aromatic rings. The van der Waals surface area contributed by atoms with Crippen molar-refractivity contribution in [3.05, 3.63) is 53.4 Å². The van der Waals surface area contributed by atoms with Gasteiger partial charge in [0.05, 0.1) is 24.3 Å². The summed E-state index contributed by atoms with van der Waals surface area (Å²) in [5, 5.41) is 2.98. The van der Waals surface area contributed by atoms with Gasteiger partial charge in [-0.3, -0.25) is 9.10 Å². The molecule has 1 heterocycles. The molecule has 0 bridgehead atoms. The van der Waals surface area contributed by atoms with Gasteiger partial charge in [0.1, 0.15) is 12.3 Å². The van der Waals surface area contributed by atoms with E-state index in [9.17, 15) is 13.2 Å². The summed E-state index contributed by atoms with van der Waals surface area (Å²) in [5.74, 6) is -0.0621. The third-order valence-corrected chi connectivity index (χ3v) is 7.13. The number of rotatable bonds is 7. The second-order valence-corrected chi connectivity index (χ2v) is 8.86. The highest BCUT2D eigenvalue weighted by Gasteiger charge is 2.28. The number of esters is 1. The number of ether oxygens (including phenoxy) is 2. The monoisotopic (exact) mass is 419 g/mol. The van der Waals surface area contributed by atoms with Crippen LogP contribution in [-0.2, 0) is 19.6 Å². The molecular formula is C20H21NO5S2. The third kappa shape index (κ3) is 3.98. The van der Waals surface area contributed by atoms with Crippen molar-refractivity contribution >= 4 is 43.1 Å². The number of thiophene rings is 1. The molecule has 1 aromatic heterocycles. The Morgan fingerprint density at radius 2 is 1.86 bits per heavy atom. The normalized spacial score (nSPS) is 11.4. The number of benzene rings is 2. The van der Waals surface area contributed by atoms with Gasteiger partial charge in [0.25, 0.3) is 10.0 Å². The molecule has 8 heteroatoms. The van der Waals surface area contributed by atoms with Gasteiger partial charge in [0.15, 0.2) is 0 Å². The predicted octanol–water partition coefficient (Wildman–Crippen LogP) is 3.98.